The Morgan fingerprint density at radius 2 is 2.04 bits per heavy atom. The molecule has 2 aliphatic heterocycles. The summed E-state index contributed by atoms with van der Waals surface area (Å²) in [4.78, 5) is 0. The van der Waals surface area contributed by atoms with Gasteiger partial charge in [0.15, 0.2) is 9.84 Å². The molecule has 4 nitrogen and oxygen atoms in total. The molecule has 5 heteroatoms. The number of hydrogen-bond acceptors (Lipinski definition) is 4. The molecule has 3 aliphatic rings. The summed E-state index contributed by atoms with van der Waals surface area (Å²) in [5.41, 5.74) is -0.385. The number of nitrogens with one attached hydrogen (secondary N) is 1. The molecule has 3 rings (SSSR count). The molecular formula is C19H35NO3S. The number of ether oxygens (including phenoxy) is 1. The molecule has 0 aromatic rings. The maximum atomic E-state index is 11.9. The summed E-state index contributed by atoms with van der Waals surface area (Å²) in [6.45, 7) is 2.98. The second kappa shape index (κ2) is 8.05. The van der Waals surface area contributed by atoms with Gasteiger partial charge in [-0.05, 0) is 44.4 Å². The molecule has 1 spiro atoms. The lowest BCUT2D eigenvalue weighted by atomic mass is 9.88. The molecule has 0 unspecified atom stereocenters. The first kappa shape index (κ1) is 18.7. The van der Waals surface area contributed by atoms with Gasteiger partial charge < -0.3 is 10.1 Å². The topological polar surface area (TPSA) is 55.4 Å². The van der Waals surface area contributed by atoms with E-state index in [-0.39, 0.29) is 11.4 Å². The van der Waals surface area contributed by atoms with E-state index in [1.54, 1.807) is 0 Å². The standard InChI is InChI=1S/C19H35NO3S/c1-2-3-4-5-7-16-8-6-9-18(16)20-17-10-12-23-19(14-17)11-13-24(21,22)15-19/h16-18,20H,2-15H2,1H3/t16-,17+,18+,19+/m1/s1. The highest BCUT2D eigenvalue weighted by atomic mass is 32.2. The smallest absolute Gasteiger partial charge is 0.153 e. The largest absolute Gasteiger partial charge is 0.374 e. The molecular weight excluding hydrogens is 322 g/mol. The first-order chi connectivity index (χ1) is 11.5. The van der Waals surface area contributed by atoms with Crippen molar-refractivity contribution in [3.05, 3.63) is 0 Å². The molecule has 1 N–H and O–H groups in total. The minimum absolute atomic E-state index is 0.239. The second-order valence-corrected chi connectivity index (χ2v) is 10.6. The Morgan fingerprint density at radius 1 is 1.17 bits per heavy atom. The van der Waals surface area contributed by atoms with Crippen LogP contribution in [0.25, 0.3) is 0 Å². The molecule has 1 aliphatic carbocycles. The van der Waals surface area contributed by atoms with Crippen molar-refractivity contribution in [3.8, 4) is 0 Å². The Balaban J connectivity index is 1.49. The molecule has 4 atom stereocenters. The van der Waals surface area contributed by atoms with Gasteiger partial charge in [-0.3, -0.25) is 0 Å². The minimum Gasteiger partial charge on any atom is -0.374 e. The van der Waals surface area contributed by atoms with Gasteiger partial charge in [-0.15, -0.1) is 0 Å². The average Bonchev–Trinajstić information content (AvgIpc) is 3.08. The average molecular weight is 358 g/mol. The van der Waals surface area contributed by atoms with Crippen LogP contribution in [0.5, 0.6) is 0 Å². The molecule has 0 radical (unpaired) electrons. The van der Waals surface area contributed by atoms with Crippen LogP contribution >= 0.6 is 0 Å². The molecule has 2 saturated heterocycles. The predicted molar refractivity (Wildman–Crippen MR) is 98.0 cm³/mol. The van der Waals surface area contributed by atoms with Crippen LogP contribution < -0.4 is 5.32 Å². The summed E-state index contributed by atoms with van der Waals surface area (Å²) in [6.07, 6.45) is 13.4. The van der Waals surface area contributed by atoms with E-state index in [2.05, 4.69) is 12.2 Å². The zero-order valence-corrected chi connectivity index (χ0v) is 16.1. The lowest BCUT2D eigenvalue weighted by Crippen LogP contribution is -2.51. The fraction of sp³-hybridized carbons (Fsp3) is 1.00. The Labute approximate surface area is 148 Å². The molecule has 140 valence electrons. The lowest BCUT2D eigenvalue weighted by molar-refractivity contribution is -0.0721. The third-order valence-electron chi connectivity index (χ3n) is 6.38. The van der Waals surface area contributed by atoms with Gasteiger partial charge in [-0.2, -0.15) is 0 Å². The van der Waals surface area contributed by atoms with Crippen molar-refractivity contribution in [2.45, 2.75) is 95.2 Å². The van der Waals surface area contributed by atoms with E-state index in [1.807, 2.05) is 0 Å². The van der Waals surface area contributed by atoms with Gasteiger partial charge in [0, 0.05) is 18.7 Å². The number of rotatable bonds is 7. The van der Waals surface area contributed by atoms with E-state index in [0.717, 1.165) is 18.8 Å². The Bertz CT molecular complexity index is 507. The fourth-order valence-electron chi connectivity index (χ4n) is 5.07. The van der Waals surface area contributed by atoms with Crippen LogP contribution in [0.2, 0.25) is 0 Å². The summed E-state index contributed by atoms with van der Waals surface area (Å²) in [5.74, 6) is 1.37. The zero-order chi connectivity index (χ0) is 17.0. The van der Waals surface area contributed by atoms with Crippen LogP contribution in [0.1, 0.15) is 77.6 Å². The van der Waals surface area contributed by atoms with E-state index in [9.17, 15) is 8.42 Å². The number of unbranched alkanes of at least 4 members (excludes halogenated alkanes) is 3. The van der Waals surface area contributed by atoms with Gasteiger partial charge >= 0.3 is 0 Å². The first-order valence-electron chi connectivity index (χ1n) is 10.1. The summed E-state index contributed by atoms with van der Waals surface area (Å²) in [5, 5.41) is 3.91. The molecule has 2 heterocycles. The van der Waals surface area contributed by atoms with Crippen molar-refractivity contribution >= 4 is 9.84 Å². The van der Waals surface area contributed by atoms with Gasteiger partial charge in [0.25, 0.3) is 0 Å². The number of hydrogen-bond donors (Lipinski definition) is 1. The van der Waals surface area contributed by atoms with E-state index in [4.69, 9.17) is 4.74 Å². The Morgan fingerprint density at radius 3 is 2.79 bits per heavy atom. The monoisotopic (exact) mass is 357 g/mol. The molecule has 1 saturated carbocycles. The molecule has 24 heavy (non-hydrogen) atoms. The molecule has 0 amide bonds. The van der Waals surface area contributed by atoms with Crippen molar-refractivity contribution in [1.82, 2.24) is 5.32 Å². The quantitative estimate of drug-likeness (QED) is 0.709. The molecule has 0 bridgehead atoms. The van der Waals surface area contributed by atoms with Gasteiger partial charge in [-0.25, -0.2) is 8.42 Å². The second-order valence-electron chi connectivity index (χ2n) is 8.38. The van der Waals surface area contributed by atoms with Crippen LogP contribution in [0.4, 0.5) is 0 Å². The van der Waals surface area contributed by atoms with Crippen molar-refractivity contribution in [3.63, 3.8) is 0 Å². The molecule has 0 aromatic carbocycles. The Kier molecular flexibility index (Phi) is 6.25. The van der Waals surface area contributed by atoms with Crippen LogP contribution in [0.15, 0.2) is 0 Å². The van der Waals surface area contributed by atoms with Gasteiger partial charge in [-0.1, -0.05) is 39.0 Å². The lowest BCUT2D eigenvalue weighted by Gasteiger charge is -2.39. The van der Waals surface area contributed by atoms with Gasteiger partial charge in [0.2, 0.25) is 0 Å². The highest BCUT2D eigenvalue weighted by Crippen LogP contribution is 2.37. The third kappa shape index (κ3) is 4.73. The maximum absolute atomic E-state index is 11.9. The van der Waals surface area contributed by atoms with Crippen LogP contribution in [-0.2, 0) is 14.6 Å². The normalized spacial score (nSPS) is 38.8. The van der Waals surface area contributed by atoms with E-state index in [0.29, 0.717) is 30.9 Å². The van der Waals surface area contributed by atoms with E-state index in [1.165, 1.54) is 51.4 Å². The third-order valence-corrected chi connectivity index (χ3v) is 8.17. The van der Waals surface area contributed by atoms with Crippen LogP contribution in [0, 0.1) is 5.92 Å². The van der Waals surface area contributed by atoms with Crippen LogP contribution in [-0.4, -0.2) is 44.2 Å². The van der Waals surface area contributed by atoms with Crippen molar-refractivity contribution < 1.29 is 13.2 Å². The van der Waals surface area contributed by atoms with Gasteiger partial charge in [0.05, 0.1) is 17.1 Å². The van der Waals surface area contributed by atoms with Crippen LogP contribution in [0.3, 0.4) is 0 Å². The summed E-state index contributed by atoms with van der Waals surface area (Å²) in [6, 6.07) is 1.08. The molecule has 0 aromatic heterocycles. The van der Waals surface area contributed by atoms with E-state index >= 15 is 0 Å². The zero-order valence-electron chi connectivity index (χ0n) is 15.3. The Hall–Kier alpha value is -0.130. The summed E-state index contributed by atoms with van der Waals surface area (Å²) in [7, 11) is -2.89. The highest BCUT2D eigenvalue weighted by Gasteiger charge is 2.47. The van der Waals surface area contributed by atoms with Crippen molar-refractivity contribution in [2.24, 2.45) is 5.92 Å². The van der Waals surface area contributed by atoms with Gasteiger partial charge in [0.1, 0.15) is 0 Å². The molecule has 3 fully saturated rings. The maximum Gasteiger partial charge on any atom is 0.153 e. The SMILES string of the molecule is CCCCCC[C@@H]1CCC[C@@H]1N[C@H]1CCO[C@@]2(CCS(=O)(=O)C2)C1. The summed E-state index contributed by atoms with van der Waals surface area (Å²) < 4.78 is 29.7. The number of sulfone groups is 1. The van der Waals surface area contributed by atoms with Crippen molar-refractivity contribution in [1.29, 1.82) is 0 Å². The highest BCUT2D eigenvalue weighted by molar-refractivity contribution is 7.91. The first-order valence-corrected chi connectivity index (χ1v) is 11.9. The van der Waals surface area contributed by atoms with E-state index < -0.39 is 9.84 Å². The minimum atomic E-state index is -2.89. The fourth-order valence-corrected chi connectivity index (χ4v) is 7.04. The predicted octanol–water partition coefficient (Wildman–Crippen LogP) is 3.45. The van der Waals surface area contributed by atoms with Crippen molar-refractivity contribution in [2.75, 3.05) is 18.1 Å². The summed E-state index contributed by atoms with van der Waals surface area (Å²) >= 11 is 0.